The molecule has 0 nitrogen and oxygen atoms in total. The number of fused-ring (bicyclic) bond motifs is 3. The highest BCUT2D eigenvalue weighted by Crippen LogP contribution is 2.46. The zero-order chi connectivity index (χ0) is 6.55. The van der Waals surface area contributed by atoms with Gasteiger partial charge in [-0.15, -0.1) is 0 Å². The highest BCUT2D eigenvalue weighted by molar-refractivity contribution is 5.61. The van der Waals surface area contributed by atoms with Gasteiger partial charge in [0.2, 0.25) is 0 Å². The Kier molecular flexibility index (Phi) is 0.715. The van der Waals surface area contributed by atoms with Gasteiger partial charge in [-0.1, -0.05) is 12.2 Å². The fourth-order valence-electron chi connectivity index (χ4n) is 2.39. The Morgan fingerprint density at radius 2 is 1.50 bits per heavy atom. The van der Waals surface area contributed by atoms with E-state index < -0.39 is 0 Å². The van der Waals surface area contributed by atoms with Gasteiger partial charge in [-0.25, -0.2) is 0 Å². The molecule has 0 heteroatoms. The van der Waals surface area contributed by atoms with Crippen LogP contribution in [0.25, 0.3) is 0 Å². The minimum atomic E-state index is 1.27. The molecule has 0 aromatic heterocycles. The van der Waals surface area contributed by atoms with Gasteiger partial charge in [0.25, 0.3) is 0 Å². The van der Waals surface area contributed by atoms with Crippen molar-refractivity contribution in [1.29, 1.82) is 0 Å². The van der Waals surface area contributed by atoms with Crippen LogP contribution in [-0.2, 0) is 0 Å². The standard InChI is InChI=1S/C10H10/c1-2-9-7-4-5-8(6-7)10(9)3-1/h4-5H,1-3,6H2. The fourth-order valence-corrected chi connectivity index (χ4v) is 2.39. The molecule has 0 atom stereocenters. The highest BCUT2D eigenvalue weighted by atomic mass is 14.3. The lowest BCUT2D eigenvalue weighted by Gasteiger charge is -1.99. The van der Waals surface area contributed by atoms with Crippen LogP contribution in [0.3, 0.4) is 0 Å². The van der Waals surface area contributed by atoms with Crippen molar-refractivity contribution >= 4 is 0 Å². The van der Waals surface area contributed by atoms with Gasteiger partial charge in [0.05, 0.1) is 0 Å². The number of allylic oxidation sites excluding steroid dienone is 6. The summed E-state index contributed by atoms with van der Waals surface area (Å²) in [6, 6.07) is 0. The molecule has 0 radical (unpaired) electrons. The van der Waals surface area contributed by atoms with Gasteiger partial charge in [-0.3, -0.25) is 0 Å². The lowest BCUT2D eigenvalue weighted by Crippen LogP contribution is -1.79. The third-order valence-electron chi connectivity index (χ3n) is 2.86. The minimum Gasteiger partial charge on any atom is -0.0581 e. The van der Waals surface area contributed by atoms with E-state index in [0.717, 1.165) is 0 Å². The van der Waals surface area contributed by atoms with Crippen molar-refractivity contribution in [3.63, 3.8) is 0 Å². The quantitative estimate of drug-likeness (QED) is 0.473. The van der Waals surface area contributed by atoms with Crippen LogP contribution in [-0.4, -0.2) is 0 Å². The van der Waals surface area contributed by atoms with Gasteiger partial charge < -0.3 is 0 Å². The van der Waals surface area contributed by atoms with Gasteiger partial charge in [-0.05, 0) is 48.0 Å². The second-order valence-electron chi connectivity index (χ2n) is 3.37. The summed E-state index contributed by atoms with van der Waals surface area (Å²) in [5, 5.41) is 0. The molecule has 0 amide bonds. The van der Waals surface area contributed by atoms with Crippen molar-refractivity contribution < 1.29 is 0 Å². The van der Waals surface area contributed by atoms with Gasteiger partial charge in [-0.2, -0.15) is 0 Å². The average Bonchev–Trinajstić information content (AvgIpc) is 2.60. The van der Waals surface area contributed by atoms with E-state index in [1.165, 1.54) is 25.7 Å². The van der Waals surface area contributed by atoms with Gasteiger partial charge in [0.1, 0.15) is 0 Å². The summed E-state index contributed by atoms with van der Waals surface area (Å²) < 4.78 is 0. The van der Waals surface area contributed by atoms with Crippen LogP contribution in [0.1, 0.15) is 25.7 Å². The van der Waals surface area contributed by atoms with Crippen LogP contribution in [0, 0.1) is 0 Å². The van der Waals surface area contributed by atoms with Crippen LogP contribution in [0.2, 0.25) is 0 Å². The smallest absolute Gasteiger partial charge is 0.00201 e. The average molecular weight is 130 g/mol. The molecular formula is C10H10. The minimum absolute atomic E-state index is 1.27. The van der Waals surface area contributed by atoms with Crippen LogP contribution in [0.4, 0.5) is 0 Å². The Labute approximate surface area is 60.9 Å². The normalized spacial score (nSPS) is 27.2. The summed E-state index contributed by atoms with van der Waals surface area (Å²) in [6.45, 7) is 0. The molecule has 0 aromatic carbocycles. The zero-order valence-corrected chi connectivity index (χ0v) is 5.98. The molecule has 0 heterocycles. The molecule has 50 valence electrons. The predicted octanol–water partition coefficient (Wildman–Crippen LogP) is 2.74. The zero-order valence-electron chi connectivity index (χ0n) is 5.98. The first kappa shape index (κ1) is 4.95. The lowest BCUT2D eigenvalue weighted by molar-refractivity contribution is 0.919. The first-order valence-corrected chi connectivity index (χ1v) is 4.07. The Morgan fingerprint density at radius 3 is 2.10 bits per heavy atom. The van der Waals surface area contributed by atoms with E-state index in [-0.39, 0.29) is 0 Å². The summed E-state index contributed by atoms with van der Waals surface area (Å²) in [6.07, 6.45) is 10.0. The van der Waals surface area contributed by atoms with Crippen molar-refractivity contribution in [2.45, 2.75) is 25.7 Å². The summed E-state index contributed by atoms with van der Waals surface area (Å²) >= 11 is 0. The molecule has 0 unspecified atom stereocenters. The molecule has 3 rings (SSSR count). The van der Waals surface area contributed by atoms with Gasteiger partial charge in [0.15, 0.2) is 0 Å². The van der Waals surface area contributed by atoms with Crippen LogP contribution in [0.5, 0.6) is 0 Å². The summed E-state index contributed by atoms with van der Waals surface area (Å²) in [4.78, 5) is 0. The molecule has 0 aliphatic heterocycles. The van der Waals surface area contributed by atoms with E-state index in [0.29, 0.717) is 0 Å². The monoisotopic (exact) mass is 130 g/mol. The maximum atomic E-state index is 2.31. The van der Waals surface area contributed by atoms with Gasteiger partial charge in [0, 0.05) is 0 Å². The van der Waals surface area contributed by atoms with Crippen molar-refractivity contribution in [2.24, 2.45) is 0 Å². The largest absolute Gasteiger partial charge is 0.0581 e. The van der Waals surface area contributed by atoms with Crippen LogP contribution in [0.15, 0.2) is 34.4 Å². The Balaban J connectivity index is 2.31. The topological polar surface area (TPSA) is 0 Å². The number of hydrogen-bond acceptors (Lipinski definition) is 0. The van der Waals surface area contributed by atoms with E-state index in [4.69, 9.17) is 0 Å². The summed E-state index contributed by atoms with van der Waals surface area (Å²) in [5.41, 5.74) is 6.67. The van der Waals surface area contributed by atoms with E-state index in [9.17, 15) is 0 Å². The van der Waals surface area contributed by atoms with Crippen molar-refractivity contribution in [3.8, 4) is 0 Å². The number of rotatable bonds is 0. The second-order valence-corrected chi connectivity index (χ2v) is 3.37. The first-order chi connectivity index (χ1) is 4.95. The maximum absolute atomic E-state index is 2.31. The predicted molar refractivity (Wildman–Crippen MR) is 41.7 cm³/mol. The van der Waals surface area contributed by atoms with Crippen LogP contribution < -0.4 is 0 Å². The molecule has 0 spiro atoms. The Hall–Kier alpha value is -0.780. The van der Waals surface area contributed by atoms with E-state index in [1.54, 1.807) is 22.3 Å². The molecule has 0 aromatic rings. The molecule has 0 saturated heterocycles. The molecule has 1 saturated carbocycles. The Morgan fingerprint density at radius 1 is 0.900 bits per heavy atom. The van der Waals surface area contributed by atoms with Crippen molar-refractivity contribution in [3.05, 3.63) is 34.4 Å². The molecular weight excluding hydrogens is 120 g/mol. The van der Waals surface area contributed by atoms with Crippen molar-refractivity contribution in [2.75, 3.05) is 0 Å². The molecule has 3 aliphatic carbocycles. The Bertz CT molecular complexity index is 259. The van der Waals surface area contributed by atoms with E-state index in [2.05, 4.69) is 12.2 Å². The molecule has 10 heavy (non-hydrogen) atoms. The third kappa shape index (κ3) is 0.406. The van der Waals surface area contributed by atoms with E-state index in [1.807, 2.05) is 0 Å². The van der Waals surface area contributed by atoms with Gasteiger partial charge >= 0.3 is 0 Å². The second kappa shape index (κ2) is 1.45. The first-order valence-electron chi connectivity index (χ1n) is 4.07. The molecule has 0 N–H and O–H groups in total. The number of hydrogen-bond donors (Lipinski definition) is 0. The molecule has 2 bridgehead atoms. The summed E-state index contributed by atoms with van der Waals surface area (Å²) in [7, 11) is 0. The molecule has 3 aliphatic rings. The lowest BCUT2D eigenvalue weighted by atomic mass is 10.1. The van der Waals surface area contributed by atoms with E-state index >= 15 is 0 Å². The highest BCUT2D eigenvalue weighted by Gasteiger charge is 2.28. The fraction of sp³-hybridized carbons (Fsp3) is 0.400. The van der Waals surface area contributed by atoms with Crippen LogP contribution >= 0.6 is 0 Å². The summed E-state index contributed by atoms with van der Waals surface area (Å²) in [5.74, 6) is 0. The molecule has 1 fully saturated rings. The van der Waals surface area contributed by atoms with Crippen molar-refractivity contribution in [1.82, 2.24) is 0 Å². The third-order valence-corrected chi connectivity index (χ3v) is 2.86. The SMILES string of the molecule is C1=CC2=C3CCCC3=C1C2. The maximum Gasteiger partial charge on any atom is -0.00201 e.